The lowest BCUT2D eigenvalue weighted by atomic mass is 9.90. The zero-order valence-electron chi connectivity index (χ0n) is 30.8. The first-order valence-corrected chi connectivity index (χ1v) is 20.7. The van der Waals surface area contributed by atoms with Crippen LogP contribution in [0.5, 0.6) is 0 Å². The number of non-ortho nitro benzene ring substituents is 2. The van der Waals surface area contributed by atoms with Crippen LogP contribution in [0.2, 0.25) is 0 Å². The Hall–Kier alpha value is -2.89. The molecule has 0 radical (unpaired) electrons. The molecule has 0 saturated heterocycles. The molecule has 344 valence electrons. The van der Waals surface area contributed by atoms with Gasteiger partial charge in [0.1, 0.15) is 0 Å². The minimum atomic E-state index is -5.80. The van der Waals surface area contributed by atoms with Gasteiger partial charge in [0.25, 0.3) is 27.8 Å². The van der Waals surface area contributed by atoms with E-state index in [1.807, 2.05) is 0 Å². The van der Waals surface area contributed by atoms with Gasteiger partial charge in [-0.05, 0) is 138 Å². The van der Waals surface area contributed by atoms with E-state index >= 15 is 0 Å². The SMILES string of the molecule is COC(c1cc(I)c(CC(=O)c2cccc([N+](=O)[O-])c2)c(I)c1)(C(F)(F)F)C(F)(F)F.COC(c1cc(I)c(N)c(I)c1)(C(F)(F)F)C(F)(F)F.O=C(Cl)c1cccc([N+](=O)[O-])c1. The molecular weight excluding hydrogens is 1360 g/mol. The Balaban J connectivity index is 0.000000363. The van der Waals surface area contributed by atoms with Crippen LogP contribution in [-0.2, 0) is 27.1 Å². The molecule has 0 heterocycles. The number of ether oxygens (including phenoxy) is 2. The molecule has 0 aromatic heterocycles. The third-order valence-electron chi connectivity index (χ3n) is 8.24. The minimum absolute atomic E-state index is 0.0123. The Morgan fingerprint density at radius 1 is 0.603 bits per heavy atom. The van der Waals surface area contributed by atoms with E-state index < -0.39 is 67.9 Å². The summed E-state index contributed by atoms with van der Waals surface area (Å²) in [4.78, 5) is 42.9. The quantitative estimate of drug-likeness (QED) is 0.0309. The predicted molar refractivity (Wildman–Crippen MR) is 234 cm³/mol. The van der Waals surface area contributed by atoms with Crippen molar-refractivity contribution >= 4 is 130 Å². The molecule has 0 aliphatic heterocycles. The van der Waals surface area contributed by atoms with Crippen molar-refractivity contribution in [1.82, 2.24) is 0 Å². The maximum atomic E-state index is 13.5. The zero-order chi connectivity index (χ0) is 48.8. The molecule has 11 nitrogen and oxygen atoms in total. The van der Waals surface area contributed by atoms with Crippen molar-refractivity contribution < 1.29 is 81.6 Å². The first-order chi connectivity index (χ1) is 28.6. The molecule has 0 saturated carbocycles. The molecule has 4 aromatic rings. The maximum Gasteiger partial charge on any atom is 0.430 e. The molecule has 0 aliphatic rings. The smallest absolute Gasteiger partial charge is 0.397 e. The van der Waals surface area contributed by atoms with Crippen molar-refractivity contribution in [2.24, 2.45) is 0 Å². The first-order valence-electron chi connectivity index (χ1n) is 16.0. The lowest BCUT2D eigenvalue weighted by molar-refractivity contribution is -0.385. The van der Waals surface area contributed by atoms with Crippen molar-refractivity contribution in [2.45, 2.75) is 42.3 Å². The highest BCUT2D eigenvalue weighted by molar-refractivity contribution is 14.1. The molecule has 0 fully saturated rings. The largest absolute Gasteiger partial charge is 0.430 e. The number of nitro groups is 2. The highest BCUT2D eigenvalue weighted by Gasteiger charge is 2.74. The van der Waals surface area contributed by atoms with E-state index in [0.29, 0.717) is 26.4 Å². The zero-order valence-corrected chi connectivity index (χ0v) is 40.2. The number of nitrogen functional groups attached to an aromatic ring is 1. The number of hydrogen-bond donors (Lipinski definition) is 1. The standard InChI is InChI=1S/C18H11F6I2NO4.C10H7F6I2NO.C7H4ClNO3/c1-31-16(17(19,20)21,18(22,23)24)10-6-13(25)12(14(26)7-10)8-15(28)9-3-2-4-11(5-9)27(29)30;1-20-8(9(11,12)13,10(14,15)16)4-2-5(17)7(19)6(18)3-4;8-7(10)5-2-1-3-6(4-5)9(11)12/h2-7H,8H2,1H3;2-3H,19H2,1H3;1-4H. The van der Waals surface area contributed by atoms with E-state index in [-0.39, 0.29) is 54.5 Å². The molecule has 0 atom stereocenters. The third-order valence-corrected chi connectivity index (χ3v) is 12.2. The van der Waals surface area contributed by atoms with Crippen molar-refractivity contribution in [3.8, 4) is 0 Å². The normalized spacial score (nSPS) is 12.4. The highest BCUT2D eigenvalue weighted by atomic mass is 127. The number of Topliss-reactive ketones (excluding diaryl/α,β-unsaturated/α-hetero) is 1. The van der Waals surface area contributed by atoms with Gasteiger partial charge in [0.2, 0.25) is 0 Å². The summed E-state index contributed by atoms with van der Waals surface area (Å²) in [6.07, 6.45) is -23.3. The van der Waals surface area contributed by atoms with Gasteiger partial charge in [-0.15, -0.1) is 0 Å². The van der Waals surface area contributed by atoms with Crippen molar-refractivity contribution in [2.75, 3.05) is 20.0 Å². The van der Waals surface area contributed by atoms with Gasteiger partial charge in [-0.2, -0.15) is 52.7 Å². The molecule has 0 spiro atoms. The lowest BCUT2D eigenvalue weighted by Crippen LogP contribution is -2.55. The van der Waals surface area contributed by atoms with Gasteiger partial charge in [-0.25, -0.2) is 0 Å². The number of carbonyl (C=O) groups excluding carboxylic acids is 2. The van der Waals surface area contributed by atoms with Gasteiger partial charge in [0.15, 0.2) is 5.78 Å². The van der Waals surface area contributed by atoms with Crippen LogP contribution < -0.4 is 5.73 Å². The van der Waals surface area contributed by atoms with Crippen molar-refractivity contribution in [3.05, 3.63) is 135 Å². The molecular formula is C35H22ClF12I4N3O8. The number of benzene rings is 4. The Labute approximate surface area is 405 Å². The van der Waals surface area contributed by atoms with Crippen LogP contribution in [0.4, 0.5) is 69.7 Å². The van der Waals surface area contributed by atoms with E-state index in [2.05, 4.69) is 9.47 Å². The Morgan fingerprint density at radius 3 is 1.22 bits per heavy atom. The summed E-state index contributed by atoms with van der Waals surface area (Å²) in [7, 11) is 0.692. The monoisotopic (exact) mass is 1380 g/mol. The van der Waals surface area contributed by atoms with E-state index in [4.69, 9.17) is 17.3 Å². The number of anilines is 1. The van der Waals surface area contributed by atoms with Gasteiger partial charge in [0.05, 0.1) is 15.5 Å². The van der Waals surface area contributed by atoms with E-state index in [0.717, 1.165) is 24.3 Å². The second-order valence-electron chi connectivity index (χ2n) is 12.0. The van der Waals surface area contributed by atoms with Gasteiger partial charge < -0.3 is 15.2 Å². The average Bonchev–Trinajstić information content (AvgIpc) is 3.14. The number of methoxy groups -OCH3 is 2. The Bertz CT molecular complexity index is 2260. The van der Waals surface area contributed by atoms with Crippen LogP contribution in [0.15, 0.2) is 72.8 Å². The summed E-state index contributed by atoms with van der Waals surface area (Å²) in [5, 5.41) is 20.4. The fourth-order valence-corrected chi connectivity index (χ4v) is 9.27. The van der Waals surface area contributed by atoms with Gasteiger partial charge in [-0.3, -0.25) is 29.8 Å². The number of halogens is 17. The number of rotatable bonds is 10. The highest BCUT2D eigenvalue weighted by Crippen LogP contribution is 2.54. The van der Waals surface area contributed by atoms with E-state index in [1.165, 1.54) is 81.6 Å². The van der Waals surface area contributed by atoms with Crippen LogP contribution in [-0.4, -0.2) is 59.8 Å². The molecule has 0 aliphatic carbocycles. The van der Waals surface area contributed by atoms with Gasteiger partial charge in [0, 0.05) is 81.4 Å². The third kappa shape index (κ3) is 12.7. The summed E-state index contributed by atoms with van der Waals surface area (Å²) in [6, 6.07) is 12.9. The number of nitro benzene ring substituents is 2. The van der Waals surface area contributed by atoms with Crippen molar-refractivity contribution in [1.29, 1.82) is 0 Å². The Kier molecular flexibility index (Phi) is 19.3. The number of alkyl halides is 12. The fraction of sp³-hybridized carbons (Fsp3) is 0.257. The van der Waals surface area contributed by atoms with E-state index in [9.17, 15) is 82.5 Å². The van der Waals surface area contributed by atoms with Crippen LogP contribution >= 0.6 is 102 Å². The molecule has 0 amide bonds. The molecule has 4 aromatic carbocycles. The van der Waals surface area contributed by atoms with Gasteiger partial charge in [-0.1, -0.05) is 18.2 Å². The molecule has 0 bridgehead atoms. The summed E-state index contributed by atoms with van der Waals surface area (Å²) in [6.45, 7) is 0. The van der Waals surface area contributed by atoms with Crippen LogP contribution in [0.3, 0.4) is 0 Å². The number of carbonyl (C=O) groups is 2. The second-order valence-corrected chi connectivity index (χ2v) is 17.0. The predicted octanol–water partition coefficient (Wildman–Crippen LogP) is 12.6. The summed E-state index contributed by atoms with van der Waals surface area (Å²) >= 11 is 11.3. The molecule has 28 heteroatoms. The fourth-order valence-electron chi connectivity index (χ4n) is 5.23. The molecule has 2 N–H and O–H groups in total. The van der Waals surface area contributed by atoms with Crippen LogP contribution in [0.25, 0.3) is 0 Å². The summed E-state index contributed by atoms with van der Waals surface area (Å²) in [5.41, 5.74) is -5.65. The molecule has 4 rings (SSSR count). The average molecular weight is 1380 g/mol. The minimum Gasteiger partial charge on any atom is -0.397 e. The Morgan fingerprint density at radius 2 is 0.921 bits per heavy atom. The first kappa shape index (κ1) is 56.2. The van der Waals surface area contributed by atoms with E-state index in [1.54, 1.807) is 45.2 Å². The van der Waals surface area contributed by atoms with Gasteiger partial charge >= 0.3 is 24.7 Å². The van der Waals surface area contributed by atoms with Crippen molar-refractivity contribution in [3.63, 3.8) is 0 Å². The molecule has 63 heavy (non-hydrogen) atoms. The molecule has 0 unspecified atom stereocenters. The number of nitrogens with two attached hydrogens (primary N) is 1. The maximum absolute atomic E-state index is 13.5. The number of hydrogen-bond acceptors (Lipinski definition) is 9. The second kappa shape index (κ2) is 21.6. The van der Waals surface area contributed by atoms with Crippen LogP contribution in [0, 0.1) is 34.5 Å². The number of nitrogens with zero attached hydrogens (tertiary/aromatic N) is 2. The number of ketones is 1. The summed E-state index contributed by atoms with van der Waals surface area (Å²) < 4.78 is 167. The summed E-state index contributed by atoms with van der Waals surface area (Å²) in [5.74, 6) is -0.586. The lowest BCUT2D eigenvalue weighted by Gasteiger charge is -2.36. The topological polar surface area (TPSA) is 165 Å². The van der Waals surface area contributed by atoms with Crippen LogP contribution in [0.1, 0.15) is 37.4 Å².